The molecule has 0 atom stereocenters. The quantitative estimate of drug-likeness (QED) is 0.569. The first-order valence-corrected chi connectivity index (χ1v) is 8.73. The Morgan fingerprint density at radius 1 is 1.00 bits per heavy atom. The van der Waals surface area contributed by atoms with Crippen molar-refractivity contribution in [1.29, 1.82) is 0 Å². The average molecular weight is 285 g/mol. The molecule has 3 nitrogen and oxygen atoms in total. The molecule has 0 aromatic rings. The lowest BCUT2D eigenvalue weighted by molar-refractivity contribution is -0.0630. The Morgan fingerprint density at radius 2 is 1.55 bits per heavy atom. The zero-order valence-electron chi connectivity index (χ0n) is 13.6. The van der Waals surface area contributed by atoms with Gasteiger partial charge < -0.3 is 15.2 Å². The van der Waals surface area contributed by atoms with Crippen LogP contribution in [0.5, 0.6) is 0 Å². The molecule has 0 unspecified atom stereocenters. The summed E-state index contributed by atoms with van der Waals surface area (Å²) >= 11 is 0. The van der Waals surface area contributed by atoms with Gasteiger partial charge in [-0.3, -0.25) is 0 Å². The van der Waals surface area contributed by atoms with Crippen LogP contribution in [0.1, 0.15) is 78.1 Å². The van der Waals surface area contributed by atoms with Crippen LogP contribution < -0.4 is 5.32 Å². The molecule has 0 spiro atoms. The molecule has 0 bridgehead atoms. The van der Waals surface area contributed by atoms with Crippen molar-refractivity contribution >= 4 is 0 Å². The highest BCUT2D eigenvalue weighted by Gasteiger charge is 2.30. The molecule has 0 saturated carbocycles. The van der Waals surface area contributed by atoms with Crippen LogP contribution >= 0.6 is 0 Å². The third-order valence-corrected chi connectivity index (χ3v) is 4.46. The summed E-state index contributed by atoms with van der Waals surface area (Å²) < 4.78 is 5.34. The zero-order chi connectivity index (χ0) is 14.7. The third kappa shape index (κ3) is 7.61. The van der Waals surface area contributed by atoms with E-state index in [0.717, 1.165) is 19.4 Å². The molecule has 20 heavy (non-hydrogen) atoms. The van der Waals surface area contributed by atoms with Crippen molar-refractivity contribution in [2.45, 2.75) is 89.7 Å². The lowest BCUT2D eigenvalue weighted by Crippen LogP contribution is -2.47. The maximum atomic E-state index is 10.5. The molecule has 120 valence electrons. The molecule has 1 aliphatic heterocycles. The van der Waals surface area contributed by atoms with E-state index in [-0.39, 0.29) is 0 Å². The van der Waals surface area contributed by atoms with E-state index in [0.29, 0.717) is 19.3 Å². The number of unbranched alkanes of at least 4 members (excludes halogenated alkanes) is 4. The number of nitrogens with one attached hydrogen (secondary N) is 1. The van der Waals surface area contributed by atoms with E-state index < -0.39 is 5.60 Å². The summed E-state index contributed by atoms with van der Waals surface area (Å²) in [5.41, 5.74) is -0.536. The molecule has 0 radical (unpaired) electrons. The second-order valence-electron chi connectivity index (χ2n) is 6.41. The van der Waals surface area contributed by atoms with Crippen molar-refractivity contribution in [3.8, 4) is 0 Å². The maximum absolute atomic E-state index is 10.5. The van der Waals surface area contributed by atoms with Gasteiger partial charge in [-0.05, 0) is 12.8 Å². The molecule has 1 fully saturated rings. The normalized spacial score (nSPS) is 18.6. The molecule has 1 heterocycles. The van der Waals surface area contributed by atoms with Crippen molar-refractivity contribution in [3.05, 3.63) is 0 Å². The first-order chi connectivity index (χ1) is 9.70. The second-order valence-corrected chi connectivity index (χ2v) is 6.41. The lowest BCUT2D eigenvalue weighted by Gasteiger charge is -2.34. The van der Waals surface area contributed by atoms with Crippen LogP contribution in [0.15, 0.2) is 0 Å². The van der Waals surface area contributed by atoms with Crippen LogP contribution in [0.3, 0.4) is 0 Å². The molecular weight excluding hydrogens is 250 g/mol. The standard InChI is InChI=1S/C17H35NO2/c1-3-5-7-9-16(10-8-6-4-2)18-15-17(19)11-13-20-14-12-17/h16,18-19H,3-15H2,1-2H3. The predicted octanol–water partition coefficient (Wildman–Crippen LogP) is 3.65. The van der Waals surface area contributed by atoms with Crippen molar-refractivity contribution < 1.29 is 9.84 Å². The van der Waals surface area contributed by atoms with Gasteiger partial charge in [0, 0.05) is 38.6 Å². The van der Waals surface area contributed by atoms with Crippen LogP contribution in [0.4, 0.5) is 0 Å². The summed E-state index contributed by atoms with van der Waals surface area (Å²) in [6, 6.07) is 0.583. The summed E-state index contributed by atoms with van der Waals surface area (Å²) in [6.07, 6.45) is 11.9. The third-order valence-electron chi connectivity index (χ3n) is 4.46. The zero-order valence-corrected chi connectivity index (χ0v) is 13.6. The Morgan fingerprint density at radius 3 is 2.05 bits per heavy atom. The van der Waals surface area contributed by atoms with Crippen LogP contribution in [0.25, 0.3) is 0 Å². The molecule has 0 aromatic heterocycles. The highest BCUT2D eigenvalue weighted by Crippen LogP contribution is 2.20. The molecule has 0 aromatic carbocycles. The summed E-state index contributed by atoms with van der Waals surface area (Å²) in [7, 11) is 0. The molecule has 0 amide bonds. The average Bonchev–Trinajstić information content (AvgIpc) is 2.45. The smallest absolute Gasteiger partial charge is 0.0815 e. The number of hydrogen-bond donors (Lipinski definition) is 2. The van der Waals surface area contributed by atoms with Gasteiger partial charge >= 0.3 is 0 Å². The summed E-state index contributed by atoms with van der Waals surface area (Å²) in [6.45, 7) is 6.65. The fourth-order valence-corrected chi connectivity index (χ4v) is 2.89. The topological polar surface area (TPSA) is 41.5 Å². The summed E-state index contributed by atoms with van der Waals surface area (Å²) in [4.78, 5) is 0. The van der Waals surface area contributed by atoms with Gasteiger partial charge in [0.1, 0.15) is 0 Å². The maximum Gasteiger partial charge on any atom is 0.0815 e. The number of aliphatic hydroxyl groups is 1. The van der Waals surface area contributed by atoms with E-state index in [2.05, 4.69) is 19.2 Å². The van der Waals surface area contributed by atoms with E-state index >= 15 is 0 Å². The van der Waals surface area contributed by atoms with Crippen LogP contribution in [-0.2, 0) is 4.74 Å². The number of hydrogen-bond acceptors (Lipinski definition) is 3. The fourth-order valence-electron chi connectivity index (χ4n) is 2.89. The van der Waals surface area contributed by atoms with Gasteiger partial charge in [-0.25, -0.2) is 0 Å². The SMILES string of the molecule is CCCCCC(CCCCC)NCC1(O)CCOCC1. The van der Waals surface area contributed by atoms with Crippen molar-refractivity contribution in [3.63, 3.8) is 0 Å². The van der Waals surface area contributed by atoms with Gasteiger partial charge in [0.05, 0.1) is 5.60 Å². The largest absolute Gasteiger partial charge is 0.388 e. The minimum atomic E-state index is -0.536. The van der Waals surface area contributed by atoms with E-state index in [1.54, 1.807) is 0 Å². The van der Waals surface area contributed by atoms with Crippen LogP contribution in [0, 0.1) is 0 Å². The first-order valence-electron chi connectivity index (χ1n) is 8.73. The van der Waals surface area contributed by atoms with Crippen LogP contribution in [0.2, 0.25) is 0 Å². The van der Waals surface area contributed by atoms with Gasteiger partial charge in [0.15, 0.2) is 0 Å². The number of ether oxygens (including phenoxy) is 1. The highest BCUT2D eigenvalue weighted by molar-refractivity contribution is 4.85. The van der Waals surface area contributed by atoms with Gasteiger partial charge in [-0.15, -0.1) is 0 Å². The Bertz CT molecular complexity index is 217. The van der Waals surface area contributed by atoms with Gasteiger partial charge in [-0.1, -0.05) is 52.4 Å². The van der Waals surface area contributed by atoms with E-state index in [1.165, 1.54) is 51.4 Å². The Balaban J connectivity index is 2.29. The molecule has 2 N–H and O–H groups in total. The van der Waals surface area contributed by atoms with E-state index in [4.69, 9.17) is 4.74 Å². The molecular formula is C17H35NO2. The highest BCUT2D eigenvalue weighted by atomic mass is 16.5. The minimum Gasteiger partial charge on any atom is -0.388 e. The minimum absolute atomic E-state index is 0.536. The van der Waals surface area contributed by atoms with Crippen LogP contribution in [-0.4, -0.2) is 36.5 Å². The van der Waals surface area contributed by atoms with Crippen molar-refractivity contribution in [2.75, 3.05) is 19.8 Å². The predicted molar refractivity (Wildman–Crippen MR) is 85.1 cm³/mol. The fraction of sp³-hybridized carbons (Fsp3) is 1.00. The number of rotatable bonds is 11. The monoisotopic (exact) mass is 285 g/mol. The molecule has 1 saturated heterocycles. The Hall–Kier alpha value is -0.120. The van der Waals surface area contributed by atoms with Crippen molar-refractivity contribution in [2.24, 2.45) is 0 Å². The van der Waals surface area contributed by atoms with Crippen molar-refractivity contribution in [1.82, 2.24) is 5.32 Å². The molecule has 0 aliphatic carbocycles. The van der Waals surface area contributed by atoms with Gasteiger partial charge in [-0.2, -0.15) is 0 Å². The molecule has 3 heteroatoms. The van der Waals surface area contributed by atoms with Gasteiger partial charge in [0.25, 0.3) is 0 Å². The molecule has 1 rings (SSSR count). The molecule has 1 aliphatic rings. The summed E-state index contributed by atoms with van der Waals surface area (Å²) in [5.74, 6) is 0. The lowest BCUT2D eigenvalue weighted by atomic mass is 9.93. The first kappa shape index (κ1) is 17.9. The van der Waals surface area contributed by atoms with Gasteiger partial charge in [0.2, 0.25) is 0 Å². The van der Waals surface area contributed by atoms with E-state index in [9.17, 15) is 5.11 Å². The van der Waals surface area contributed by atoms with E-state index in [1.807, 2.05) is 0 Å². The Kier molecular flexibility index (Phi) is 9.49. The Labute approximate surface area is 125 Å². The second kappa shape index (κ2) is 10.6. The summed E-state index contributed by atoms with van der Waals surface area (Å²) in [5, 5.41) is 14.2.